The van der Waals surface area contributed by atoms with Gasteiger partial charge in [0.2, 0.25) is 0 Å². The number of aliphatic hydroxyl groups is 1. The predicted molar refractivity (Wildman–Crippen MR) is 109 cm³/mol. The molecule has 1 amide bonds. The molecule has 0 aliphatic rings. The van der Waals surface area contributed by atoms with Gasteiger partial charge in [-0.05, 0) is 31.5 Å². The largest absolute Gasteiger partial charge is 0.467 e. The molecule has 3 rings (SSSR count). The number of aryl methyl sites for hydroxylation is 2. The number of ether oxygens (including phenoxy) is 1. The Balaban J connectivity index is 2.07. The highest BCUT2D eigenvalue weighted by molar-refractivity contribution is 6.02. The molecule has 1 atom stereocenters. The lowest BCUT2D eigenvalue weighted by Gasteiger charge is -2.14. The summed E-state index contributed by atoms with van der Waals surface area (Å²) in [4.78, 5) is 24.7. The van der Waals surface area contributed by atoms with Crippen LogP contribution in [0.25, 0.3) is 16.9 Å². The average Bonchev–Trinajstić information content (AvgIpc) is 3.17. The van der Waals surface area contributed by atoms with E-state index < -0.39 is 24.5 Å². The van der Waals surface area contributed by atoms with Crippen molar-refractivity contribution in [2.75, 3.05) is 13.7 Å². The topological polar surface area (TPSA) is 93.5 Å². The smallest absolute Gasteiger partial charge is 0.330 e. The van der Waals surface area contributed by atoms with Crippen LogP contribution in [0.1, 0.15) is 21.5 Å². The number of hydrogen-bond donors (Lipinski definition) is 2. The summed E-state index contributed by atoms with van der Waals surface area (Å²) in [6.45, 7) is 3.38. The van der Waals surface area contributed by atoms with Crippen molar-refractivity contribution >= 4 is 11.9 Å². The van der Waals surface area contributed by atoms with Crippen molar-refractivity contribution in [2.45, 2.75) is 19.9 Å². The number of para-hydroxylation sites is 1. The Labute approximate surface area is 168 Å². The Morgan fingerprint density at radius 1 is 1.17 bits per heavy atom. The molecule has 0 unspecified atom stereocenters. The van der Waals surface area contributed by atoms with Gasteiger partial charge in [-0.25, -0.2) is 9.48 Å². The van der Waals surface area contributed by atoms with E-state index in [2.05, 4.69) is 15.2 Å². The molecular formula is C22H23N3O4. The van der Waals surface area contributed by atoms with Crippen LogP contribution >= 0.6 is 0 Å². The van der Waals surface area contributed by atoms with Crippen LogP contribution in [-0.2, 0) is 9.53 Å². The minimum atomic E-state index is -1.15. The van der Waals surface area contributed by atoms with Crippen LogP contribution in [0, 0.1) is 13.8 Å². The predicted octanol–water partition coefficient (Wildman–Crippen LogP) is 2.42. The summed E-state index contributed by atoms with van der Waals surface area (Å²) in [5.74, 6) is -1.24. The van der Waals surface area contributed by atoms with Crippen LogP contribution in [0.3, 0.4) is 0 Å². The number of nitrogens with zero attached hydrogens (tertiary/aromatic N) is 2. The summed E-state index contributed by atoms with van der Waals surface area (Å²) in [5.41, 5.74) is 4.47. The first-order valence-corrected chi connectivity index (χ1v) is 9.17. The van der Waals surface area contributed by atoms with Crippen molar-refractivity contribution in [3.05, 3.63) is 71.4 Å². The van der Waals surface area contributed by atoms with E-state index >= 15 is 0 Å². The highest BCUT2D eigenvalue weighted by Gasteiger charge is 2.25. The molecule has 0 saturated heterocycles. The van der Waals surface area contributed by atoms with E-state index in [0.717, 1.165) is 22.4 Å². The van der Waals surface area contributed by atoms with Crippen LogP contribution < -0.4 is 5.32 Å². The van der Waals surface area contributed by atoms with Gasteiger partial charge in [-0.2, -0.15) is 5.10 Å². The molecule has 29 heavy (non-hydrogen) atoms. The number of rotatable bonds is 6. The summed E-state index contributed by atoms with van der Waals surface area (Å²) >= 11 is 0. The number of nitrogens with one attached hydrogen (secondary N) is 1. The van der Waals surface area contributed by atoms with Gasteiger partial charge < -0.3 is 15.2 Å². The summed E-state index contributed by atoms with van der Waals surface area (Å²) < 4.78 is 6.25. The number of aromatic nitrogens is 2. The summed E-state index contributed by atoms with van der Waals surface area (Å²) in [5, 5.41) is 16.6. The van der Waals surface area contributed by atoms with Gasteiger partial charge in [0, 0.05) is 11.8 Å². The summed E-state index contributed by atoms with van der Waals surface area (Å²) in [6.07, 6.45) is 1.62. The Morgan fingerprint density at radius 3 is 2.52 bits per heavy atom. The van der Waals surface area contributed by atoms with E-state index in [4.69, 9.17) is 0 Å². The molecule has 150 valence electrons. The molecule has 0 spiro atoms. The lowest BCUT2D eigenvalue weighted by Crippen LogP contribution is -2.44. The number of carbonyl (C=O) groups excluding carboxylic acids is 2. The highest BCUT2D eigenvalue weighted by Crippen LogP contribution is 2.27. The fourth-order valence-electron chi connectivity index (χ4n) is 3.09. The Bertz CT molecular complexity index is 1030. The maximum Gasteiger partial charge on any atom is 0.330 e. The molecule has 3 aromatic rings. The molecule has 0 radical (unpaired) electrons. The average molecular weight is 393 g/mol. The molecule has 0 saturated carbocycles. The second-order valence-electron chi connectivity index (χ2n) is 6.72. The van der Waals surface area contributed by atoms with E-state index in [1.807, 2.05) is 62.4 Å². The number of aliphatic hydroxyl groups excluding tert-OH is 1. The first kappa shape index (κ1) is 20.3. The second-order valence-corrected chi connectivity index (χ2v) is 6.72. The van der Waals surface area contributed by atoms with Gasteiger partial charge in [-0.3, -0.25) is 4.79 Å². The number of esters is 1. The zero-order valence-corrected chi connectivity index (χ0v) is 16.5. The molecule has 2 N–H and O–H groups in total. The lowest BCUT2D eigenvalue weighted by atomic mass is 10.0. The van der Waals surface area contributed by atoms with E-state index in [1.165, 1.54) is 7.11 Å². The fourth-order valence-corrected chi connectivity index (χ4v) is 3.09. The standard InChI is InChI=1S/C22H23N3O4/c1-14-9-10-17(15(2)11-14)20-18(21(27)23-19(13-26)22(28)29-3)12-25(24-20)16-7-5-4-6-8-16/h4-12,19,26H,13H2,1-3H3,(H,23,27)/t19-/m1/s1. The molecule has 7 heteroatoms. The zero-order valence-electron chi connectivity index (χ0n) is 16.5. The monoisotopic (exact) mass is 393 g/mol. The molecule has 0 fully saturated rings. The Kier molecular flexibility index (Phi) is 6.09. The second kappa shape index (κ2) is 8.70. The number of methoxy groups -OCH3 is 1. The fraction of sp³-hybridized carbons (Fsp3) is 0.227. The van der Waals surface area contributed by atoms with E-state index in [-0.39, 0.29) is 0 Å². The van der Waals surface area contributed by atoms with Crippen molar-refractivity contribution < 1.29 is 19.4 Å². The van der Waals surface area contributed by atoms with Crippen molar-refractivity contribution in [1.29, 1.82) is 0 Å². The first-order valence-electron chi connectivity index (χ1n) is 9.17. The summed E-state index contributed by atoms with van der Waals surface area (Å²) in [6, 6.07) is 14.2. The summed E-state index contributed by atoms with van der Waals surface area (Å²) in [7, 11) is 1.20. The number of hydrogen-bond acceptors (Lipinski definition) is 5. The minimum absolute atomic E-state index is 0.295. The van der Waals surface area contributed by atoms with Gasteiger partial charge in [0.1, 0.15) is 5.69 Å². The molecule has 0 bridgehead atoms. The highest BCUT2D eigenvalue weighted by atomic mass is 16.5. The molecule has 7 nitrogen and oxygen atoms in total. The van der Waals surface area contributed by atoms with Gasteiger partial charge in [0.25, 0.3) is 5.91 Å². The van der Waals surface area contributed by atoms with Crippen LogP contribution in [0.2, 0.25) is 0 Å². The number of benzene rings is 2. The SMILES string of the molecule is COC(=O)[C@@H](CO)NC(=O)c1cn(-c2ccccc2)nc1-c1ccc(C)cc1C. The van der Waals surface area contributed by atoms with Gasteiger partial charge in [-0.1, -0.05) is 42.0 Å². The Hall–Kier alpha value is -3.45. The van der Waals surface area contributed by atoms with Crippen LogP contribution in [-0.4, -0.2) is 46.5 Å². The Morgan fingerprint density at radius 2 is 1.90 bits per heavy atom. The molecule has 0 aliphatic carbocycles. The van der Waals surface area contributed by atoms with Gasteiger partial charge >= 0.3 is 5.97 Å². The third-order valence-electron chi connectivity index (χ3n) is 4.59. The molecule has 0 aliphatic heterocycles. The quantitative estimate of drug-likeness (QED) is 0.628. The zero-order chi connectivity index (χ0) is 21.0. The lowest BCUT2D eigenvalue weighted by molar-refractivity contribution is -0.143. The first-order chi connectivity index (χ1) is 13.9. The van der Waals surface area contributed by atoms with Crippen molar-refractivity contribution in [1.82, 2.24) is 15.1 Å². The van der Waals surface area contributed by atoms with E-state index in [1.54, 1.807) is 10.9 Å². The third-order valence-corrected chi connectivity index (χ3v) is 4.59. The maximum atomic E-state index is 13.0. The van der Waals surface area contributed by atoms with Crippen LogP contribution in [0.5, 0.6) is 0 Å². The van der Waals surface area contributed by atoms with Gasteiger partial charge in [0.05, 0.1) is 25.0 Å². The van der Waals surface area contributed by atoms with Gasteiger partial charge in [0.15, 0.2) is 6.04 Å². The molecule has 1 aromatic heterocycles. The van der Waals surface area contributed by atoms with E-state index in [0.29, 0.717) is 11.3 Å². The van der Waals surface area contributed by atoms with Crippen molar-refractivity contribution in [2.24, 2.45) is 0 Å². The molecule has 1 heterocycles. The van der Waals surface area contributed by atoms with Crippen molar-refractivity contribution in [3.63, 3.8) is 0 Å². The normalized spacial score (nSPS) is 11.7. The van der Waals surface area contributed by atoms with Crippen LogP contribution in [0.4, 0.5) is 0 Å². The molecule has 2 aromatic carbocycles. The number of amides is 1. The van der Waals surface area contributed by atoms with Crippen LogP contribution in [0.15, 0.2) is 54.7 Å². The maximum absolute atomic E-state index is 13.0. The minimum Gasteiger partial charge on any atom is -0.467 e. The third kappa shape index (κ3) is 4.35. The number of carbonyl (C=O) groups is 2. The molecular weight excluding hydrogens is 370 g/mol. The van der Waals surface area contributed by atoms with Gasteiger partial charge in [-0.15, -0.1) is 0 Å². The van der Waals surface area contributed by atoms with E-state index in [9.17, 15) is 14.7 Å². The van der Waals surface area contributed by atoms with Crippen molar-refractivity contribution in [3.8, 4) is 16.9 Å².